The number of rotatable bonds is 6. The highest BCUT2D eigenvalue weighted by Crippen LogP contribution is 2.42. The average Bonchev–Trinajstić information content (AvgIpc) is 3.59. The van der Waals surface area contributed by atoms with Crippen LogP contribution in [0.2, 0.25) is 0 Å². The van der Waals surface area contributed by atoms with Crippen molar-refractivity contribution in [3.8, 4) is 6.07 Å². The van der Waals surface area contributed by atoms with Crippen LogP contribution in [-0.2, 0) is 26.7 Å². The van der Waals surface area contributed by atoms with Crippen LogP contribution in [0.3, 0.4) is 0 Å². The Hall–Kier alpha value is -3.54. The van der Waals surface area contributed by atoms with Gasteiger partial charge in [-0.2, -0.15) is 31.6 Å². The maximum Gasteiger partial charge on any atom is 0.416 e. The van der Waals surface area contributed by atoms with Gasteiger partial charge in [0.2, 0.25) is 11.8 Å². The molecule has 43 heavy (non-hydrogen) atoms. The van der Waals surface area contributed by atoms with Crippen LogP contribution in [0.5, 0.6) is 0 Å². The van der Waals surface area contributed by atoms with Crippen LogP contribution in [-0.4, -0.2) is 82.0 Å². The molecule has 3 fully saturated rings. The standard InChI is InChI=1S/C28H33F6N5O4/c1-15(16-8-17(27(29,30)31)10-18(9-16)28(32,33)34)39-20-11-22(24(39)41)37(13-20)14-21(36-25(42)43-26(2,3)4)23(40)38-7-5-6-19(38)12-35/h8-10,15,19-22H,5-7,11,13-14H2,1-4H3,(H,36,42)/t15-,19?,20+,21?,22?/m0/s1. The van der Waals surface area contributed by atoms with Crippen LogP contribution >= 0.6 is 0 Å². The van der Waals surface area contributed by atoms with Gasteiger partial charge in [0, 0.05) is 25.7 Å². The summed E-state index contributed by atoms with van der Waals surface area (Å²) in [5, 5.41) is 12.0. The van der Waals surface area contributed by atoms with E-state index < -0.39 is 77.2 Å². The lowest BCUT2D eigenvalue weighted by Crippen LogP contribution is -2.59. The van der Waals surface area contributed by atoms with Gasteiger partial charge in [-0.1, -0.05) is 0 Å². The summed E-state index contributed by atoms with van der Waals surface area (Å²) in [6, 6.07) is -0.915. The Labute approximate surface area is 244 Å². The van der Waals surface area contributed by atoms with E-state index in [2.05, 4.69) is 11.4 Å². The number of alkyl carbamates (subject to hydrolysis) is 1. The molecular formula is C28H33F6N5O4. The average molecular weight is 618 g/mol. The third-order valence-corrected chi connectivity index (χ3v) is 7.92. The minimum Gasteiger partial charge on any atom is -0.444 e. The molecule has 9 nitrogen and oxygen atoms in total. The quantitative estimate of drug-likeness (QED) is 0.472. The van der Waals surface area contributed by atoms with Gasteiger partial charge in [-0.25, -0.2) is 4.79 Å². The monoisotopic (exact) mass is 617 g/mol. The van der Waals surface area contributed by atoms with Gasteiger partial charge in [-0.3, -0.25) is 14.5 Å². The van der Waals surface area contributed by atoms with E-state index in [0.29, 0.717) is 31.5 Å². The highest BCUT2D eigenvalue weighted by Gasteiger charge is 2.52. The Balaban J connectivity index is 1.54. The van der Waals surface area contributed by atoms with Crippen molar-refractivity contribution < 1.29 is 45.5 Å². The minimum absolute atomic E-state index is 0.0436. The number of nitrogens with zero attached hydrogens (tertiary/aromatic N) is 4. The fourth-order valence-electron chi connectivity index (χ4n) is 6.01. The van der Waals surface area contributed by atoms with Gasteiger partial charge in [0.15, 0.2) is 0 Å². The molecule has 2 bridgehead atoms. The number of halogens is 6. The zero-order chi connectivity index (χ0) is 32.1. The van der Waals surface area contributed by atoms with Crippen LogP contribution in [0.1, 0.15) is 69.7 Å². The molecule has 15 heteroatoms. The summed E-state index contributed by atoms with van der Waals surface area (Å²) in [4.78, 5) is 43.9. The summed E-state index contributed by atoms with van der Waals surface area (Å²) >= 11 is 0. The first-order valence-corrected chi connectivity index (χ1v) is 13.9. The first-order chi connectivity index (χ1) is 19.8. The Bertz CT molecular complexity index is 1270. The van der Waals surface area contributed by atoms with Crippen LogP contribution in [0, 0.1) is 11.3 Å². The molecule has 3 saturated heterocycles. The minimum atomic E-state index is -5.02. The summed E-state index contributed by atoms with van der Waals surface area (Å²) in [5.41, 5.74) is -4.09. The number of amides is 3. The number of likely N-dealkylation sites (tertiary alicyclic amines) is 3. The number of fused-ring (bicyclic) bond motifs is 2. The molecule has 236 valence electrons. The van der Waals surface area contributed by atoms with E-state index in [1.165, 1.54) is 16.7 Å². The van der Waals surface area contributed by atoms with Crippen LogP contribution < -0.4 is 5.32 Å². The molecule has 0 aromatic heterocycles. The number of nitriles is 1. The molecule has 0 radical (unpaired) electrons. The van der Waals surface area contributed by atoms with Crippen molar-refractivity contribution in [1.82, 2.24) is 20.0 Å². The zero-order valence-electron chi connectivity index (χ0n) is 24.1. The molecule has 3 aliphatic rings. The first kappa shape index (κ1) is 32.4. The summed E-state index contributed by atoms with van der Waals surface area (Å²) in [6.07, 6.45) is -9.59. The molecular weight excluding hydrogens is 584 g/mol. The van der Waals surface area contributed by atoms with Crippen LogP contribution in [0.15, 0.2) is 18.2 Å². The maximum atomic E-state index is 13.5. The summed E-state index contributed by atoms with van der Waals surface area (Å²) < 4.78 is 85.9. The highest BCUT2D eigenvalue weighted by atomic mass is 19.4. The van der Waals surface area contributed by atoms with Crippen molar-refractivity contribution in [1.29, 1.82) is 5.26 Å². The number of nitrogens with one attached hydrogen (secondary N) is 1. The third-order valence-electron chi connectivity index (χ3n) is 7.92. The van der Waals surface area contributed by atoms with Crippen LogP contribution in [0.25, 0.3) is 0 Å². The lowest BCUT2D eigenvalue weighted by Gasteiger charge is -2.39. The van der Waals surface area contributed by atoms with Crippen molar-refractivity contribution in [2.45, 2.75) is 95.1 Å². The van der Waals surface area contributed by atoms with Gasteiger partial charge in [0.05, 0.1) is 29.3 Å². The molecule has 3 unspecified atom stereocenters. The van der Waals surface area contributed by atoms with E-state index in [1.54, 1.807) is 25.7 Å². The second-order valence-corrected chi connectivity index (χ2v) is 12.1. The smallest absolute Gasteiger partial charge is 0.416 e. The third kappa shape index (κ3) is 7.00. The topological polar surface area (TPSA) is 106 Å². The second-order valence-electron chi connectivity index (χ2n) is 12.1. The van der Waals surface area contributed by atoms with Gasteiger partial charge in [-0.05, 0) is 70.7 Å². The number of benzene rings is 1. The molecule has 0 spiro atoms. The predicted octanol–water partition coefficient (Wildman–Crippen LogP) is 4.48. The van der Waals surface area contributed by atoms with Crippen molar-refractivity contribution in [2.24, 2.45) is 0 Å². The largest absolute Gasteiger partial charge is 0.444 e. The summed E-state index contributed by atoms with van der Waals surface area (Å²) in [6.45, 7) is 6.69. The molecule has 1 N–H and O–H groups in total. The van der Waals surface area contributed by atoms with Crippen molar-refractivity contribution >= 4 is 17.9 Å². The van der Waals surface area contributed by atoms with Gasteiger partial charge in [0.25, 0.3) is 0 Å². The molecule has 5 atom stereocenters. The molecule has 0 saturated carbocycles. The SMILES string of the molecule is C[C@@H](c1cc(C(F)(F)F)cc(C(F)(F)F)c1)N1C(=O)C2C[C@@H]1CN2CC(NC(=O)OC(C)(C)C)C(=O)N1CCCC1C#N. The molecule has 4 rings (SSSR count). The van der Waals surface area contributed by atoms with E-state index in [-0.39, 0.29) is 31.1 Å². The lowest BCUT2D eigenvalue weighted by atomic mass is 9.98. The molecule has 3 amide bonds. The molecule has 1 aromatic rings. The molecule has 3 aliphatic heterocycles. The predicted molar refractivity (Wildman–Crippen MR) is 139 cm³/mol. The number of hydrogen-bond donors (Lipinski definition) is 1. The fraction of sp³-hybridized carbons (Fsp3) is 0.643. The number of alkyl halides is 6. The van der Waals surface area contributed by atoms with Gasteiger partial charge in [-0.15, -0.1) is 0 Å². The van der Waals surface area contributed by atoms with Gasteiger partial charge in [0.1, 0.15) is 17.7 Å². The number of carbonyl (C=O) groups excluding carboxylic acids is 3. The summed E-state index contributed by atoms with van der Waals surface area (Å²) in [5.74, 6) is -1.02. The van der Waals surface area contributed by atoms with E-state index in [1.807, 2.05) is 0 Å². The van der Waals surface area contributed by atoms with Crippen molar-refractivity contribution in [3.63, 3.8) is 0 Å². The molecule has 1 aromatic carbocycles. The van der Waals surface area contributed by atoms with E-state index in [9.17, 15) is 46.0 Å². The van der Waals surface area contributed by atoms with Gasteiger partial charge >= 0.3 is 18.4 Å². The Morgan fingerprint density at radius 3 is 2.21 bits per heavy atom. The maximum absolute atomic E-state index is 13.5. The highest BCUT2D eigenvalue weighted by molar-refractivity contribution is 5.88. The van der Waals surface area contributed by atoms with E-state index in [4.69, 9.17) is 4.74 Å². The van der Waals surface area contributed by atoms with E-state index in [0.717, 1.165) is 0 Å². The first-order valence-electron chi connectivity index (χ1n) is 13.9. The van der Waals surface area contributed by atoms with E-state index >= 15 is 0 Å². The Kier molecular flexibility index (Phi) is 8.67. The molecule has 3 heterocycles. The Morgan fingerprint density at radius 2 is 1.70 bits per heavy atom. The zero-order valence-corrected chi connectivity index (χ0v) is 24.1. The van der Waals surface area contributed by atoms with Crippen LogP contribution in [0.4, 0.5) is 31.1 Å². The number of carbonyl (C=O) groups is 3. The number of ether oxygens (including phenoxy) is 1. The fourth-order valence-corrected chi connectivity index (χ4v) is 6.01. The molecule has 0 aliphatic carbocycles. The Morgan fingerprint density at radius 1 is 1.09 bits per heavy atom. The lowest BCUT2D eigenvalue weighted by molar-refractivity contribution is -0.143. The second kappa shape index (κ2) is 11.5. The number of piperazine rings is 1. The normalized spacial score (nSPS) is 24.2. The summed E-state index contributed by atoms with van der Waals surface area (Å²) in [7, 11) is 0. The van der Waals surface area contributed by atoms with Gasteiger partial charge < -0.3 is 19.9 Å². The number of hydrogen-bond acceptors (Lipinski definition) is 6. The van der Waals surface area contributed by atoms with Crippen molar-refractivity contribution in [2.75, 3.05) is 19.6 Å². The van der Waals surface area contributed by atoms with Crippen molar-refractivity contribution in [3.05, 3.63) is 34.9 Å².